The van der Waals surface area contributed by atoms with Crippen molar-refractivity contribution in [1.29, 1.82) is 0 Å². The maximum atomic E-state index is 12.9. The molecular formula is C27H29F3N2O8. The molecule has 3 amide bonds. The van der Waals surface area contributed by atoms with Gasteiger partial charge in [-0.25, -0.2) is 9.59 Å². The minimum atomic E-state index is -4.54. The first-order chi connectivity index (χ1) is 18.7. The van der Waals surface area contributed by atoms with Gasteiger partial charge in [-0.1, -0.05) is 29.3 Å². The molecule has 0 saturated heterocycles. The Balaban J connectivity index is 1.65. The third kappa shape index (κ3) is 8.10. The molecule has 1 atom stereocenters. The van der Waals surface area contributed by atoms with Crippen LogP contribution in [0, 0.1) is 0 Å². The van der Waals surface area contributed by atoms with Gasteiger partial charge in [0, 0.05) is 6.04 Å². The van der Waals surface area contributed by atoms with Gasteiger partial charge in [-0.05, 0) is 52.0 Å². The van der Waals surface area contributed by atoms with Crippen LogP contribution in [-0.2, 0) is 14.4 Å². The summed E-state index contributed by atoms with van der Waals surface area (Å²) in [6, 6.07) is 10.9. The molecule has 1 aliphatic heterocycles. The number of para-hydroxylation sites is 2. The van der Waals surface area contributed by atoms with Crippen molar-refractivity contribution in [3.8, 4) is 11.5 Å². The molecule has 3 rings (SSSR count). The molecule has 0 aliphatic carbocycles. The molecule has 0 aromatic heterocycles. The molecule has 40 heavy (non-hydrogen) atoms. The average molecular weight is 567 g/mol. The van der Waals surface area contributed by atoms with Gasteiger partial charge in [0.1, 0.15) is 12.2 Å². The van der Waals surface area contributed by atoms with Crippen LogP contribution in [0.3, 0.4) is 0 Å². The van der Waals surface area contributed by atoms with Crippen LogP contribution in [-0.4, -0.2) is 71.4 Å². The average Bonchev–Trinajstić information content (AvgIpc) is 3.09. The Labute approximate surface area is 228 Å². The molecule has 0 unspecified atom stereocenters. The van der Waals surface area contributed by atoms with Crippen molar-refractivity contribution in [2.75, 3.05) is 19.8 Å². The molecule has 0 N–H and O–H groups in total. The number of alkyl halides is 3. The van der Waals surface area contributed by atoms with Crippen LogP contribution >= 0.6 is 0 Å². The number of amides is 3. The Morgan fingerprint density at radius 3 is 1.95 bits per heavy atom. The van der Waals surface area contributed by atoms with E-state index in [0.29, 0.717) is 5.06 Å². The van der Waals surface area contributed by atoms with Gasteiger partial charge in [-0.2, -0.15) is 13.2 Å². The predicted molar refractivity (Wildman–Crippen MR) is 134 cm³/mol. The zero-order valence-electron chi connectivity index (χ0n) is 22.3. The quantitative estimate of drug-likeness (QED) is 0.378. The number of rotatable bonds is 10. The monoisotopic (exact) mass is 566 g/mol. The van der Waals surface area contributed by atoms with Crippen LogP contribution in [0.2, 0.25) is 0 Å². The number of nitrogens with zero attached hydrogens (tertiary/aromatic N) is 2. The Morgan fingerprint density at radius 2 is 1.43 bits per heavy atom. The van der Waals surface area contributed by atoms with Crippen molar-refractivity contribution in [3.63, 3.8) is 0 Å². The normalized spacial score (nSPS) is 13.9. The van der Waals surface area contributed by atoms with Crippen molar-refractivity contribution in [2.24, 2.45) is 0 Å². The number of fused-ring (bicyclic) bond motifs is 1. The van der Waals surface area contributed by atoms with Crippen molar-refractivity contribution in [1.82, 2.24) is 9.96 Å². The van der Waals surface area contributed by atoms with Crippen LogP contribution in [0.1, 0.15) is 54.8 Å². The second kappa shape index (κ2) is 12.3. The van der Waals surface area contributed by atoms with Gasteiger partial charge in [0.15, 0.2) is 18.1 Å². The molecular weight excluding hydrogens is 537 g/mol. The van der Waals surface area contributed by atoms with Crippen molar-refractivity contribution in [3.05, 3.63) is 59.7 Å². The van der Waals surface area contributed by atoms with Crippen LogP contribution in [0.5, 0.6) is 11.5 Å². The molecule has 0 bridgehead atoms. The van der Waals surface area contributed by atoms with Crippen molar-refractivity contribution < 1.29 is 51.4 Å². The first-order valence-electron chi connectivity index (χ1n) is 12.3. The third-order valence-electron chi connectivity index (χ3n) is 5.40. The minimum absolute atomic E-state index is 0.0218. The largest absolute Gasteiger partial charge is 0.488 e. The molecule has 0 saturated carbocycles. The van der Waals surface area contributed by atoms with E-state index < -0.39 is 54.7 Å². The summed E-state index contributed by atoms with van der Waals surface area (Å²) >= 11 is 0. The molecule has 0 fully saturated rings. The van der Waals surface area contributed by atoms with Gasteiger partial charge < -0.3 is 23.9 Å². The van der Waals surface area contributed by atoms with Gasteiger partial charge >= 0.3 is 18.2 Å². The lowest BCUT2D eigenvalue weighted by molar-refractivity contribution is -0.169. The number of carbonyl (C=O) groups is 4. The van der Waals surface area contributed by atoms with E-state index in [1.807, 2.05) is 0 Å². The van der Waals surface area contributed by atoms with E-state index in [4.69, 9.17) is 19.0 Å². The molecule has 1 heterocycles. The predicted octanol–water partition coefficient (Wildman–Crippen LogP) is 4.78. The van der Waals surface area contributed by atoms with Gasteiger partial charge in [0.05, 0.1) is 24.1 Å². The SMILES string of the molecule is C[C@H](CC(=O)ON1C(=O)c2ccccc2C1=O)N(CCOc1ccccc1OCC(F)(F)F)C(=O)OC(C)(C)C. The summed E-state index contributed by atoms with van der Waals surface area (Å²) in [7, 11) is 0. The van der Waals surface area contributed by atoms with E-state index >= 15 is 0 Å². The zero-order chi connectivity index (χ0) is 29.7. The Hall–Kier alpha value is -4.29. The highest BCUT2D eigenvalue weighted by molar-refractivity contribution is 6.20. The van der Waals surface area contributed by atoms with Gasteiger partial charge in [0.2, 0.25) is 0 Å². The fourth-order valence-corrected chi connectivity index (χ4v) is 3.65. The summed E-state index contributed by atoms with van der Waals surface area (Å²) in [4.78, 5) is 56.8. The zero-order valence-corrected chi connectivity index (χ0v) is 22.3. The van der Waals surface area contributed by atoms with Gasteiger partial charge in [0.25, 0.3) is 11.8 Å². The molecule has 0 radical (unpaired) electrons. The fraction of sp³-hybridized carbons (Fsp3) is 0.407. The summed E-state index contributed by atoms with van der Waals surface area (Å²) in [6.45, 7) is 4.63. The smallest absolute Gasteiger partial charge is 0.422 e. The van der Waals surface area contributed by atoms with Crippen LogP contribution < -0.4 is 9.47 Å². The second-order valence-electron chi connectivity index (χ2n) is 9.84. The van der Waals surface area contributed by atoms with Crippen molar-refractivity contribution in [2.45, 2.75) is 51.9 Å². The Morgan fingerprint density at radius 1 is 0.900 bits per heavy atom. The lowest BCUT2D eigenvalue weighted by Crippen LogP contribution is -2.45. The van der Waals surface area contributed by atoms with E-state index in [-0.39, 0.29) is 35.8 Å². The lowest BCUT2D eigenvalue weighted by atomic mass is 10.1. The Bertz CT molecular complexity index is 1220. The molecule has 0 spiro atoms. The van der Waals surface area contributed by atoms with Crippen LogP contribution in [0.15, 0.2) is 48.5 Å². The highest BCUT2D eigenvalue weighted by Crippen LogP contribution is 2.29. The van der Waals surface area contributed by atoms with E-state index in [2.05, 4.69) is 0 Å². The third-order valence-corrected chi connectivity index (χ3v) is 5.40. The topological polar surface area (TPSA) is 112 Å². The van der Waals surface area contributed by atoms with E-state index in [9.17, 15) is 32.3 Å². The number of ether oxygens (including phenoxy) is 3. The lowest BCUT2D eigenvalue weighted by Gasteiger charge is -2.31. The van der Waals surface area contributed by atoms with E-state index in [0.717, 1.165) is 0 Å². The maximum absolute atomic E-state index is 12.9. The first-order valence-corrected chi connectivity index (χ1v) is 12.3. The molecule has 2 aromatic rings. The van der Waals surface area contributed by atoms with E-state index in [1.165, 1.54) is 42.2 Å². The number of halogens is 3. The fourth-order valence-electron chi connectivity index (χ4n) is 3.65. The summed E-state index contributed by atoms with van der Waals surface area (Å²) in [5.41, 5.74) is -0.685. The number of hydroxylamine groups is 2. The molecule has 10 nitrogen and oxygen atoms in total. The highest BCUT2D eigenvalue weighted by atomic mass is 19.4. The molecule has 2 aromatic carbocycles. The van der Waals surface area contributed by atoms with Crippen molar-refractivity contribution >= 4 is 23.9 Å². The minimum Gasteiger partial charge on any atom is -0.488 e. The number of hydrogen-bond donors (Lipinski definition) is 0. The summed E-state index contributed by atoms with van der Waals surface area (Å²) in [6.07, 6.45) is -5.76. The highest BCUT2D eigenvalue weighted by Gasteiger charge is 2.39. The summed E-state index contributed by atoms with van der Waals surface area (Å²) in [5, 5.41) is 0.374. The van der Waals surface area contributed by atoms with Crippen LogP contribution in [0.25, 0.3) is 0 Å². The molecule has 1 aliphatic rings. The Kier molecular flexibility index (Phi) is 9.28. The number of imide groups is 1. The maximum Gasteiger partial charge on any atom is 0.422 e. The van der Waals surface area contributed by atoms with E-state index in [1.54, 1.807) is 39.0 Å². The first kappa shape index (κ1) is 30.3. The number of benzene rings is 2. The summed E-state index contributed by atoms with van der Waals surface area (Å²) in [5.74, 6) is -2.65. The molecule has 216 valence electrons. The summed E-state index contributed by atoms with van der Waals surface area (Å²) < 4.78 is 53.6. The second-order valence-corrected chi connectivity index (χ2v) is 9.84. The van der Waals surface area contributed by atoms with Gasteiger partial charge in [-0.3, -0.25) is 9.59 Å². The number of carbonyl (C=O) groups excluding carboxylic acids is 4. The van der Waals surface area contributed by atoms with Crippen LogP contribution in [0.4, 0.5) is 18.0 Å². The molecule has 13 heteroatoms. The van der Waals surface area contributed by atoms with Gasteiger partial charge in [-0.15, -0.1) is 0 Å². The number of hydrogen-bond acceptors (Lipinski definition) is 8. The standard InChI is InChI=1S/C27H29F3N2O8/c1-17(15-22(33)40-32-23(34)18-9-5-6-10-19(18)24(32)35)31(25(36)39-26(2,3)4)13-14-37-20-11-7-8-12-21(20)38-16-27(28,29)30/h5-12,17H,13-16H2,1-4H3/t17-/m1/s1.